The number of hydrogen-bond donors (Lipinski definition) is 0. The van der Waals surface area contributed by atoms with Crippen molar-refractivity contribution in [2.45, 2.75) is 194 Å². The molecule has 1 aliphatic carbocycles. The van der Waals surface area contributed by atoms with Crippen LogP contribution in [-0.2, 0) is 12.8 Å². The number of fused-ring (bicyclic) bond motifs is 3. The van der Waals surface area contributed by atoms with Crippen LogP contribution in [0.3, 0.4) is 0 Å². The zero-order valence-corrected chi connectivity index (χ0v) is 34.8. The zero-order chi connectivity index (χ0) is 33.7. The Labute approximate surface area is 294 Å². The van der Waals surface area contributed by atoms with Gasteiger partial charge in [-0.25, -0.2) is 0 Å². The van der Waals surface area contributed by atoms with Gasteiger partial charge in [0.05, 0.1) is 25.9 Å². The highest BCUT2D eigenvalue weighted by atomic mass is 32.1. The molecule has 0 fully saturated rings. The molecule has 6 heteroatoms. The van der Waals surface area contributed by atoms with E-state index in [0.29, 0.717) is 0 Å². The maximum Gasteiger partial charge on any atom is 0.235 e. The largest absolute Gasteiger partial charge is 0.285 e. The van der Waals surface area contributed by atoms with Crippen LogP contribution in [-0.4, -0.2) is 27.7 Å². The predicted octanol–water partition coefficient (Wildman–Crippen LogP) is 12.9. The second kappa shape index (κ2) is 19.4. The summed E-state index contributed by atoms with van der Waals surface area (Å²) in [6.07, 6.45) is 28.2. The Morgan fingerprint density at radius 1 is 0.413 bits per heavy atom. The number of carbonyl (C=O) groups is 2. The molecule has 3 rings (SSSR count). The molecule has 2 nitrogen and oxygen atoms in total. The molecule has 0 saturated carbocycles. The van der Waals surface area contributed by atoms with E-state index in [1.807, 2.05) is 22.7 Å². The Bertz CT molecular complexity index is 1150. The summed E-state index contributed by atoms with van der Waals surface area (Å²) < 4.78 is 2.92. The van der Waals surface area contributed by atoms with Crippen LogP contribution in [0.15, 0.2) is 0 Å². The topological polar surface area (TPSA) is 34.1 Å². The number of ketones is 2. The van der Waals surface area contributed by atoms with Gasteiger partial charge in [0.2, 0.25) is 11.6 Å². The summed E-state index contributed by atoms with van der Waals surface area (Å²) in [7, 11) is -3.37. The summed E-state index contributed by atoms with van der Waals surface area (Å²) >= 11 is 3.78. The molecule has 0 aromatic carbocycles. The van der Waals surface area contributed by atoms with E-state index in [1.54, 1.807) is 0 Å². The van der Waals surface area contributed by atoms with E-state index in [2.05, 4.69) is 53.1 Å². The number of hydrogen-bond acceptors (Lipinski definition) is 4. The first-order valence-electron chi connectivity index (χ1n) is 19.3. The smallest absolute Gasteiger partial charge is 0.235 e. The lowest BCUT2D eigenvalue weighted by molar-refractivity contribution is 0.0815. The standard InChI is InChI=1S/C40H68O2S2Si2/c1-9-11-13-15-17-19-21-23-25-27-29-31-33-35(41)36(42)34-32(30-28-26-24-22-20-18-16-14-12-10-2)40(46(6,7)8)44-38(34)37(33)43-39(31)45(3,4)5/h9-30H2,1-8H3. The first-order valence-corrected chi connectivity index (χ1v) is 28.0. The maximum atomic E-state index is 14.1. The minimum Gasteiger partial charge on any atom is -0.285 e. The van der Waals surface area contributed by atoms with Crippen molar-refractivity contribution in [3.8, 4) is 9.75 Å². The molecule has 260 valence electrons. The van der Waals surface area contributed by atoms with Gasteiger partial charge in [-0.05, 0) is 45.8 Å². The Balaban J connectivity index is 1.75. The van der Waals surface area contributed by atoms with E-state index in [4.69, 9.17) is 0 Å². The molecule has 0 radical (unpaired) electrons. The van der Waals surface area contributed by atoms with Crippen molar-refractivity contribution in [3.05, 3.63) is 22.3 Å². The fourth-order valence-corrected chi connectivity index (χ4v) is 14.9. The normalized spacial score (nSPS) is 13.5. The summed E-state index contributed by atoms with van der Waals surface area (Å²) in [5.41, 5.74) is 4.12. The van der Waals surface area contributed by atoms with Crippen LogP contribution in [0.5, 0.6) is 0 Å². The van der Waals surface area contributed by atoms with Gasteiger partial charge in [0, 0.05) is 11.1 Å². The monoisotopic (exact) mass is 700 g/mol. The Morgan fingerprint density at radius 2 is 0.674 bits per heavy atom. The summed E-state index contributed by atoms with van der Waals surface area (Å²) in [4.78, 5) is 30.4. The van der Waals surface area contributed by atoms with Crippen LogP contribution >= 0.6 is 22.7 Å². The fourth-order valence-electron chi connectivity index (χ4n) is 7.22. The maximum absolute atomic E-state index is 14.1. The van der Waals surface area contributed by atoms with Crippen molar-refractivity contribution in [1.82, 2.24) is 0 Å². The van der Waals surface area contributed by atoms with Crippen LogP contribution in [0, 0.1) is 0 Å². The summed E-state index contributed by atoms with van der Waals surface area (Å²) in [6.45, 7) is 19.0. The molecule has 0 saturated heterocycles. The molecule has 2 aromatic heterocycles. The molecule has 0 atom stereocenters. The average molecular weight is 701 g/mol. The molecule has 0 N–H and O–H groups in total. The number of rotatable bonds is 24. The van der Waals surface area contributed by atoms with E-state index in [0.717, 1.165) is 46.6 Å². The van der Waals surface area contributed by atoms with E-state index < -0.39 is 16.1 Å². The van der Waals surface area contributed by atoms with E-state index in [1.165, 1.54) is 136 Å². The van der Waals surface area contributed by atoms with Gasteiger partial charge in [0.1, 0.15) is 0 Å². The van der Waals surface area contributed by atoms with E-state index in [9.17, 15) is 9.59 Å². The van der Waals surface area contributed by atoms with Gasteiger partial charge in [0.25, 0.3) is 0 Å². The number of unbranched alkanes of at least 4 members (excludes halogenated alkanes) is 18. The van der Waals surface area contributed by atoms with Crippen LogP contribution in [0.25, 0.3) is 9.75 Å². The molecule has 0 unspecified atom stereocenters. The van der Waals surface area contributed by atoms with Crippen molar-refractivity contribution in [2.75, 3.05) is 0 Å². The van der Waals surface area contributed by atoms with Crippen LogP contribution in [0.1, 0.15) is 174 Å². The third-order valence-electron chi connectivity index (χ3n) is 9.80. The number of Topliss-reactive ketones (excluding diaryl/α,β-unsaturated/α-hetero) is 2. The lowest BCUT2D eigenvalue weighted by Crippen LogP contribution is -2.38. The van der Waals surface area contributed by atoms with Gasteiger partial charge in [0.15, 0.2) is 0 Å². The average Bonchev–Trinajstić information content (AvgIpc) is 3.57. The molecule has 2 aromatic rings. The zero-order valence-electron chi connectivity index (χ0n) is 31.2. The highest BCUT2D eigenvalue weighted by Crippen LogP contribution is 2.45. The summed E-state index contributed by atoms with van der Waals surface area (Å²) in [5.74, 6) is -0.399. The highest BCUT2D eigenvalue weighted by molar-refractivity contribution is 7.35. The van der Waals surface area contributed by atoms with Crippen LogP contribution < -0.4 is 9.00 Å². The van der Waals surface area contributed by atoms with Gasteiger partial charge in [-0.1, -0.05) is 169 Å². The van der Waals surface area contributed by atoms with Crippen molar-refractivity contribution in [3.63, 3.8) is 0 Å². The molecule has 0 amide bonds. The van der Waals surface area contributed by atoms with Gasteiger partial charge in [-0.15, -0.1) is 22.7 Å². The van der Waals surface area contributed by atoms with Crippen LogP contribution in [0.2, 0.25) is 39.3 Å². The van der Waals surface area contributed by atoms with Gasteiger partial charge in [-0.2, -0.15) is 0 Å². The van der Waals surface area contributed by atoms with Gasteiger partial charge < -0.3 is 0 Å². The van der Waals surface area contributed by atoms with Crippen molar-refractivity contribution < 1.29 is 9.59 Å². The van der Waals surface area contributed by atoms with Crippen molar-refractivity contribution in [1.29, 1.82) is 0 Å². The van der Waals surface area contributed by atoms with Crippen molar-refractivity contribution >= 4 is 59.4 Å². The van der Waals surface area contributed by atoms with Crippen molar-refractivity contribution in [2.24, 2.45) is 0 Å². The second-order valence-corrected chi connectivity index (χ2v) is 29.0. The second-order valence-electron chi connectivity index (χ2n) is 16.2. The molecule has 1 aliphatic rings. The Hall–Kier alpha value is -0.826. The van der Waals surface area contributed by atoms with Gasteiger partial charge in [-0.3, -0.25) is 9.59 Å². The molecule has 46 heavy (non-hydrogen) atoms. The first-order chi connectivity index (χ1) is 21.9. The molecular formula is C40H68O2S2Si2. The summed E-state index contributed by atoms with van der Waals surface area (Å²) in [6, 6.07) is 0. The molecular weight excluding hydrogens is 633 g/mol. The Kier molecular flexibility index (Phi) is 16.7. The minimum atomic E-state index is -1.69. The SMILES string of the molecule is CCCCCCCCCCCCc1c([Si](C)(C)C)sc2c1C(=O)C(=O)c1c-2sc([Si](C)(C)C)c1CCCCCCCCCCCC. The van der Waals surface area contributed by atoms with E-state index in [-0.39, 0.29) is 11.6 Å². The fraction of sp³-hybridized carbons (Fsp3) is 0.750. The number of thiophene rings is 2. The van der Waals surface area contributed by atoms with Crippen LogP contribution in [0.4, 0.5) is 0 Å². The first kappa shape index (κ1) is 39.6. The molecule has 0 aliphatic heterocycles. The lowest BCUT2D eigenvalue weighted by Gasteiger charge is -2.19. The minimum absolute atomic E-state index is 0.199. The molecule has 0 spiro atoms. The Morgan fingerprint density at radius 3 is 0.935 bits per heavy atom. The highest BCUT2D eigenvalue weighted by Gasteiger charge is 2.42. The third kappa shape index (κ3) is 11.1. The van der Waals surface area contributed by atoms with E-state index >= 15 is 0 Å². The summed E-state index contributed by atoms with van der Waals surface area (Å²) in [5, 5.41) is 0. The number of carbonyl (C=O) groups excluding carboxylic acids is 2. The molecule has 2 heterocycles. The lowest BCUT2D eigenvalue weighted by atomic mass is 9.88. The molecule has 0 bridgehead atoms. The predicted molar refractivity (Wildman–Crippen MR) is 213 cm³/mol. The quantitative estimate of drug-likeness (QED) is 0.0620. The van der Waals surface area contributed by atoms with Gasteiger partial charge >= 0.3 is 0 Å². The third-order valence-corrected chi connectivity index (χ3v) is 19.7.